The van der Waals surface area contributed by atoms with Gasteiger partial charge in [-0.2, -0.15) is 10.4 Å². The standard InChI is InChI=1S/C20H17N5O/c21-13-24-11-15-10-23-25(19(15)12-24)18-8-4-7-16(20(22)26)17(18)9-14-5-2-1-3-6-14/h1-8,10H,9,11-12H2,(H2,22,26). The first kappa shape index (κ1) is 15.9. The summed E-state index contributed by atoms with van der Waals surface area (Å²) < 4.78 is 1.83. The molecule has 2 heterocycles. The predicted molar refractivity (Wildman–Crippen MR) is 96.2 cm³/mol. The molecule has 6 heteroatoms. The van der Waals surface area contributed by atoms with E-state index in [0.717, 1.165) is 28.1 Å². The number of nitrogens with zero attached hydrogens (tertiary/aromatic N) is 4. The highest BCUT2D eigenvalue weighted by atomic mass is 16.1. The van der Waals surface area contributed by atoms with Gasteiger partial charge in [0.1, 0.15) is 0 Å². The summed E-state index contributed by atoms with van der Waals surface area (Å²) in [5.41, 5.74) is 10.9. The van der Waals surface area contributed by atoms with Gasteiger partial charge in [-0.05, 0) is 23.3 Å². The molecule has 1 aromatic heterocycles. The SMILES string of the molecule is N#CN1Cc2cnn(-c3cccc(C(N)=O)c3Cc3ccccc3)c2C1. The lowest BCUT2D eigenvalue weighted by atomic mass is 9.97. The van der Waals surface area contributed by atoms with Crippen molar-refractivity contribution in [3.05, 3.63) is 82.7 Å². The summed E-state index contributed by atoms with van der Waals surface area (Å²) in [6.07, 6.45) is 4.54. The van der Waals surface area contributed by atoms with E-state index in [4.69, 9.17) is 11.0 Å². The fourth-order valence-electron chi connectivity index (χ4n) is 3.42. The molecule has 0 aliphatic carbocycles. The number of hydrogen-bond donors (Lipinski definition) is 1. The first-order valence-corrected chi connectivity index (χ1v) is 8.34. The van der Waals surface area contributed by atoms with Gasteiger partial charge in [0.05, 0.1) is 30.7 Å². The van der Waals surface area contributed by atoms with E-state index < -0.39 is 5.91 Å². The largest absolute Gasteiger partial charge is 0.366 e. The Labute approximate surface area is 151 Å². The van der Waals surface area contributed by atoms with Gasteiger partial charge in [-0.3, -0.25) is 4.79 Å². The Kier molecular flexibility index (Phi) is 3.90. The number of nitriles is 1. The molecule has 1 amide bonds. The van der Waals surface area contributed by atoms with Crippen LogP contribution in [0.1, 0.15) is 32.7 Å². The Bertz CT molecular complexity index is 1020. The van der Waals surface area contributed by atoms with Crippen LogP contribution in [0, 0.1) is 11.5 Å². The lowest BCUT2D eigenvalue weighted by molar-refractivity contribution is 0.0999. The van der Waals surface area contributed by atoms with Crippen molar-refractivity contribution in [2.75, 3.05) is 0 Å². The van der Waals surface area contributed by atoms with Gasteiger partial charge in [-0.1, -0.05) is 36.4 Å². The Balaban J connectivity index is 1.84. The number of carbonyl (C=O) groups is 1. The quantitative estimate of drug-likeness (QED) is 0.737. The zero-order valence-corrected chi connectivity index (χ0v) is 14.1. The van der Waals surface area contributed by atoms with Crippen molar-refractivity contribution in [1.82, 2.24) is 14.7 Å². The number of nitrogens with two attached hydrogens (primary N) is 1. The molecule has 6 nitrogen and oxygen atoms in total. The van der Waals surface area contributed by atoms with Crippen molar-refractivity contribution in [2.45, 2.75) is 19.5 Å². The van der Waals surface area contributed by atoms with Crippen LogP contribution in [0.15, 0.2) is 54.7 Å². The van der Waals surface area contributed by atoms with Crippen LogP contribution in [0.3, 0.4) is 0 Å². The van der Waals surface area contributed by atoms with Crippen LogP contribution in [0.2, 0.25) is 0 Å². The Morgan fingerprint density at radius 2 is 1.96 bits per heavy atom. The van der Waals surface area contributed by atoms with Crippen LogP contribution in [0.25, 0.3) is 5.69 Å². The zero-order valence-electron chi connectivity index (χ0n) is 14.1. The van der Waals surface area contributed by atoms with Crippen molar-refractivity contribution < 1.29 is 4.79 Å². The van der Waals surface area contributed by atoms with E-state index in [2.05, 4.69) is 11.3 Å². The van der Waals surface area contributed by atoms with Gasteiger partial charge in [0.25, 0.3) is 0 Å². The van der Waals surface area contributed by atoms with Crippen LogP contribution in [-0.4, -0.2) is 20.6 Å². The van der Waals surface area contributed by atoms with E-state index >= 15 is 0 Å². The van der Waals surface area contributed by atoms with E-state index in [-0.39, 0.29) is 0 Å². The molecule has 0 fully saturated rings. The number of amides is 1. The van der Waals surface area contributed by atoms with Crippen LogP contribution in [-0.2, 0) is 19.5 Å². The van der Waals surface area contributed by atoms with E-state index in [0.29, 0.717) is 25.1 Å². The summed E-state index contributed by atoms with van der Waals surface area (Å²) in [6.45, 7) is 1.08. The van der Waals surface area contributed by atoms with Gasteiger partial charge >= 0.3 is 0 Å². The van der Waals surface area contributed by atoms with Crippen LogP contribution in [0.4, 0.5) is 0 Å². The molecule has 4 rings (SSSR count). The van der Waals surface area contributed by atoms with Crippen LogP contribution < -0.4 is 5.73 Å². The van der Waals surface area contributed by atoms with E-state index in [1.165, 1.54) is 0 Å². The molecule has 0 radical (unpaired) electrons. The molecule has 2 aromatic carbocycles. The summed E-state index contributed by atoms with van der Waals surface area (Å²) >= 11 is 0. The minimum absolute atomic E-state index is 0.458. The molecule has 0 bridgehead atoms. The van der Waals surface area contributed by atoms with Crippen molar-refractivity contribution >= 4 is 5.91 Å². The fourth-order valence-corrected chi connectivity index (χ4v) is 3.42. The monoisotopic (exact) mass is 343 g/mol. The lowest BCUT2D eigenvalue weighted by Gasteiger charge is -2.15. The maximum Gasteiger partial charge on any atom is 0.249 e. The number of carbonyl (C=O) groups excluding carboxylic acids is 1. The Hall–Kier alpha value is -3.59. The van der Waals surface area contributed by atoms with Crippen molar-refractivity contribution in [2.24, 2.45) is 5.73 Å². The maximum absolute atomic E-state index is 12.0. The topological polar surface area (TPSA) is 87.9 Å². The molecule has 3 aromatic rings. The molecule has 0 saturated heterocycles. The van der Waals surface area contributed by atoms with E-state index in [1.54, 1.807) is 17.2 Å². The van der Waals surface area contributed by atoms with Gasteiger partial charge in [0.2, 0.25) is 5.91 Å². The minimum Gasteiger partial charge on any atom is -0.366 e. The molecule has 1 aliphatic heterocycles. The average molecular weight is 343 g/mol. The average Bonchev–Trinajstić information content (AvgIpc) is 3.23. The van der Waals surface area contributed by atoms with Crippen LogP contribution >= 0.6 is 0 Å². The van der Waals surface area contributed by atoms with Crippen molar-refractivity contribution in [3.8, 4) is 11.9 Å². The fraction of sp³-hybridized carbons (Fsp3) is 0.150. The predicted octanol–water partition coefficient (Wildman–Crippen LogP) is 2.36. The van der Waals surface area contributed by atoms with Crippen LogP contribution in [0.5, 0.6) is 0 Å². The highest BCUT2D eigenvalue weighted by molar-refractivity contribution is 5.95. The second kappa shape index (κ2) is 6.37. The Morgan fingerprint density at radius 3 is 2.69 bits per heavy atom. The zero-order chi connectivity index (χ0) is 18.1. The van der Waals surface area contributed by atoms with Gasteiger partial charge in [0.15, 0.2) is 6.19 Å². The number of hydrogen-bond acceptors (Lipinski definition) is 4. The highest BCUT2D eigenvalue weighted by Crippen LogP contribution is 2.28. The molecule has 26 heavy (non-hydrogen) atoms. The van der Waals surface area contributed by atoms with E-state index in [9.17, 15) is 4.79 Å². The molecular formula is C20H17N5O. The molecule has 0 spiro atoms. The first-order chi connectivity index (χ1) is 12.7. The summed E-state index contributed by atoms with van der Waals surface area (Å²) in [5.74, 6) is -0.458. The summed E-state index contributed by atoms with van der Waals surface area (Å²) in [7, 11) is 0. The first-order valence-electron chi connectivity index (χ1n) is 8.34. The third-order valence-corrected chi connectivity index (χ3v) is 4.67. The molecular weight excluding hydrogens is 326 g/mol. The third kappa shape index (κ3) is 2.70. The molecule has 0 atom stereocenters. The van der Waals surface area contributed by atoms with Gasteiger partial charge in [-0.15, -0.1) is 0 Å². The lowest BCUT2D eigenvalue weighted by Crippen LogP contribution is -2.17. The molecule has 2 N–H and O–H groups in total. The second-order valence-corrected chi connectivity index (χ2v) is 6.31. The summed E-state index contributed by atoms with van der Waals surface area (Å²) in [4.78, 5) is 13.7. The normalized spacial score (nSPS) is 12.7. The highest BCUT2D eigenvalue weighted by Gasteiger charge is 2.25. The molecule has 1 aliphatic rings. The second-order valence-electron chi connectivity index (χ2n) is 6.31. The number of primary amides is 1. The number of benzene rings is 2. The van der Waals surface area contributed by atoms with Gasteiger partial charge in [0, 0.05) is 17.5 Å². The molecule has 128 valence electrons. The smallest absolute Gasteiger partial charge is 0.249 e. The number of aromatic nitrogens is 2. The molecule has 0 saturated carbocycles. The summed E-state index contributed by atoms with van der Waals surface area (Å²) in [6, 6.07) is 15.4. The number of fused-ring (bicyclic) bond motifs is 1. The van der Waals surface area contributed by atoms with Crippen molar-refractivity contribution in [1.29, 1.82) is 5.26 Å². The van der Waals surface area contributed by atoms with Gasteiger partial charge in [-0.25, -0.2) is 4.68 Å². The minimum atomic E-state index is -0.458. The third-order valence-electron chi connectivity index (χ3n) is 4.67. The maximum atomic E-state index is 12.0. The van der Waals surface area contributed by atoms with Gasteiger partial charge < -0.3 is 10.6 Å². The number of rotatable bonds is 4. The van der Waals surface area contributed by atoms with Crippen molar-refractivity contribution in [3.63, 3.8) is 0 Å². The summed E-state index contributed by atoms with van der Waals surface area (Å²) in [5, 5.41) is 13.7. The molecule has 0 unspecified atom stereocenters. The van der Waals surface area contributed by atoms with E-state index in [1.807, 2.05) is 47.1 Å². The Morgan fingerprint density at radius 1 is 1.15 bits per heavy atom.